The van der Waals surface area contributed by atoms with Gasteiger partial charge in [0.25, 0.3) is 0 Å². The summed E-state index contributed by atoms with van der Waals surface area (Å²) >= 11 is 3.73. The van der Waals surface area contributed by atoms with Crippen molar-refractivity contribution in [3.8, 4) is 0 Å². The molecule has 0 saturated carbocycles. The van der Waals surface area contributed by atoms with Gasteiger partial charge in [-0.1, -0.05) is 89.6 Å². The Hall–Kier alpha value is -4.40. The fourth-order valence-corrected chi connectivity index (χ4v) is 9.14. The van der Waals surface area contributed by atoms with Crippen molar-refractivity contribution in [1.82, 2.24) is 30.1 Å². The summed E-state index contributed by atoms with van der Waals surface area (Å²) in [6.45, 7) is 11.3. The summed E-state index contributed by atoms with van der Waals surface area (Å²) < 4.78 is 14.6. The number of nitrogens with zero attached hydrogens (tertiary/aromatic N) is 5. The van der Waals surface area contributed by atoms with Crippen molar-refractivity contribution in [2.24, 2.45) is 17.8 Å². The molecule has 2 N–H and O–H groups in total. The number of amides is 3. The van der Waals surface area contributed by atoms with Gasteiger partial charge in [0.1, 0.15) is 29.9 Å². The Morgan fingerprint density at radius 3 is 2.58 bits per heavy atom. The van der Waals surface area contributed by atoms with E-state index in [1.807, 2.05) is 56.3 Å². The van der Waals surface area contributed by atoms with Gasteiger partial charge in [-0.25, -0.2) is 4.68 Å². The molecule has 1 aromatic heterocycles. The number of aromatic nitrogens is 3. The Morgan fingerprint density at radius 2 is 1.89 bits per heavy atom. The third-order valence-electron chi connectivity index (χ3n) is 10.5. The topological polar surface area (TPSA) is 156 Å². The molecule has 1 spiro atoms. The number of likely N-dealkylation sites (tertiary alicyclic amines) is 1. The molecule has 4 heterocycles. The standard InChI is InChI=1S/C39H47BrN6O7/c1-5-7-17-31(48)41-21-30(25-13-9-8-10-14-25)52-38(51)32-33-36(49)46(26(22-47)19-24(3)4)35(39(33)20-27(40)34(32)53-39)37(50)44(18-6-2)23-45-29-16-12-11-15-28(29)42-43-45/h5-6,8-16,24,26-27,30,32-35,47H,1-2,7,17-23H2,3-4H3,(H,41,48)/t26-,27?,30+,32+,33-,34+,35+,39-/m1/s1. The maximum atomic E-state index is 15.0. The Morgan fingerprint density at radius 1 is 1.15 bits per heavy atom. The lowest BCUT2D eigenvalue weighted by Crippen LogP contribution is -2.59. The summed E-state index contributed by atoms with van der Waals surface area (Å²) in [5, 5.41) is 22.1. The molecular weight excluding hydrogens is 744 g/mol. The number of carbonyl (C=O) groups is 4. The minimum Gasteiger partial charge on any atom is -0.455 e. The average Bonchev–Trinajstić information content (AvgIpc) is 3.88. The van der Waals surface area contributed by atoms with Gasteiger partial charge in [0.05, 0.1) is 42.6 Å². The van der Waals surface area contributed by atoms with Crippen molar-refractivity contribution < 1.29 is 33.8 Å². The second kappa shape index (κ2) is 16.3. The monoisotopic (exact) mass is 790 g/mol. The number of ether oxygens (including phenoxy) is 2. The van der Waals surface area contributed by atoms with Crippen molar-refractivity contribution >= 4 is 50.7 Å². The number of hydrogen-bond acceptors (Lipinski definition) is 9. The molecule has 8 atom stereocenters. The molecule has 282 valence electrons. The highest BCUT2D eigenvalue weighted by molar-refractivity contribution is 9.09. The number of aliphatic hydroxyl groups is 1. The van der Waals surface area contributed by atoms with E-state index in [1.54, 1.807) is 33.9 Å². The SMILES string of the molecule is C=CCCC(=O)NC[C@H](OC(=O)[C@@H]1[C@H]2O[C@@]3(CC2Br)[C@H](C(=O)N(CC=C)Cn2nnc4ccccc42)N([C@@H](CO)CC(C)C)C(=O)[C@@H]13)c1ccccc1. The lowest BCUT2D eigenvalue weighted by molar-refractivity contribution is -0.161. The van der Waals surface area contributed by atoms with E-state index < -0.39 is 59.5 Å². The number of hydrogen-bond donors (Lipinski definition) is 2. The molecule has 3 saturated heterocycles. The Bertz CT molecular complexity index is 1840. The number of halogens is 1. The highest BCUT2D eigenvalue weighted by atomic mass is 79.9. The van der Waals surface area contributed by atoms with Crippen LogP contribution in [0.1, 0.15) is 51.2 Å². The number of alkyl halides is 1. The highest BCUT2D eigenvalue weighted by Crippen LogP contribution is 2.61. The van der Waals surface area contributed by atoms with Gasteiger partial charge in [-0.05, 0) is 42.9 Å². The first-order valence-corrected chi connectivity index (χ1v) is 19.0. The van der Waals surface area contributed by atoms with Crippen molar-refractivity contribution in [2.75, 3.05) is 19.7 Å². The first kappa shape index (κ1) is 38.3. The molecule has 1 unspecified atom stereocenters. The number of fused-ring (bicyclic) bond motifs is 2. The van der Waals surface area contributed by atoms with Gasteiger partial charge in [0.2, 0.25) is 17.7 Å². The van der Waals surface area contributed by atoms with Crippen LogP contribution < -0.4 is 5.32 Å². The van der Waals surface area contributed by atoms with Crippen LogP contribution in [0.25, 0.3) is 11.0 Å². The molecule has 3 aliphatic rings. The minimum absolute atomic E-state index is 0.0164. The quantitative estimate of drug-likeness (QED) is 0.118. The molecule has 14 heteroatoms. The fourth-order valence-electron chi connectivity index (χ4n) is 8.20. The van der Waals surface area contributed by atoms with E-state index >= 15 is 4.79 Å². The molecule has 0 aliphatic carbocycles. The zero-order chi connectivity index (χ0) is 37.9. The van der Waals surface area contributed by atoms with Gasteiger partial charge in [-0.2, -0.15) is 0 Å². The van der Waals surface area contributed by atoms with Gasteiger partial charge < -0.3 is 29.7 Å². The smallest absolute Gasteiger partial charge is 0.313 e. The van der Waals surface area contributed by atoms with E-state index in [-0.39, 0.29) is 55.9 Å². The predicted molar refractivity (Wildman–Crippen MR) is 200 cm³/mol. The van der Waals surface area contributed by atoms with Crippen LogP contribution in [0, 0.1) is 17.8 Å². The number of allylic oxidation sites excluding steroid dienone is 1. The number of aliphatic hydroxyl groups excluding tert-OH is 1. The average molecular weight is 792 g/mol. The van der Waals surface area contributed by atoms with Gasteiger partial charge in [-0.3, -0.25) is 19.2 Å². The molecular formula is C39H47BrN6O7. The first-order chi connectivity index (χ1) is 25.5. The lowest BCUT2D eigenvalue weighted by atomic mass is 9.70. The molecule has 13 nitrogen and oxygen atoms in total. The van der Waals surface area contributed by atoms with Crippen molar-refractivity contribution in [3.63, 3.8) is 0 Å². The summed E-state index contributed by atoms with van der Waals surface area (Å²) in [6.07, 6.45) is 3.09. The van der Waals surface area contributed by atoms with Crippen LogP contribution in [0.5, 0.6) is 0 Å². The summed E-state index contributed by atoms with van der Waals surface area (Å²) in [4.78, 5) is 59.5. The third kappa shape index (κ3) is 7.41. The molecule has 2 aromatic carbocycles. The predicted octanol–water partition coefficient (Wildman–Crippen LogP) is 3.93. The molecule has 6 rings (SSSR count). The van der Waals surface area contributed by atoms with Gasteiger partial charge in [0, 0.05) is 17.8 Å². The van der Waals surface area contributed by atoms with Crippen LogP contribution in [0.2, 0.25) is 0 Å². The van der Waals surface area contributed by atoms with Crippen LogP contribution in [-0.4, -0.2) is 102 Å². The largest absolute Gasteiger partial charge is 0.455 e. The number of rotatable bonds is 17. The van der Waals surface area contributed by atoms with Gasteiger partial charge in [0.15, 0.2) is 0 Å². The Labute approximate surface area is 317 Å². The highest BCUT2D eigenvalue weighted by Gasteiger charge is 2.77. The number of benzene rings is 2. The van der Waals surface area contributed by atoms with E-state index in [1.165, 1.54) is 4.90 Å². The van der Waals surface area contributed by atoms with Gasteiger partial charge >= 0.3 is 5.97 Å². The number of carbonyl (C=O) groups excluding carboxylic acids is 4. The van der Waals surface area contributed by atoms with Crippen LogP contribution >= 0.6 is 15.9 Å². The summed E-state index contributed by atoms with van der Waals surface area (Å²) in [5.41, 5.74) is 0.665. The van der Waals surface area contributed by atoms with Crippen LogP contribution in [-0.2, 0) is 35.3 Å². The normalized spacial score (nSPS) is 25.6. The van der Waals surface area contributed by atoms with Crippen molar-refractivity contribution in [1.29, 1.82) is 0 Å². The fraction of sp³-hybridized carbons (Fsp3) is 0.487. The Kier molecular flexibility index (Phi) is 11.8. The van der Waals surface area contributed by atoms with Crippen LogP contribution in [0.3, 0.4) is 0 Å². The summed E-state index contributed by atoms with van der Waals surface area (Å²) in [7, 11) is 0. The van der Waals surface area contributed by atoms with E-state index in [2.05, 4.69) is 44.7 Å². The minimum atomic E-state index is -1.40. The molecule has 3 fully saturated rings. The van der Waals surface area contributed by atoms with E-state index in [0.29, 0.717) is 23.9 Å². The van der Waals surface area contributed by atoms with Crippen molar-refractivity contribution in [3.05, 3.63) is 85.5 Å². The maximum Gasteiger partial charge on any atom is 0.313 e. The molecule has 53 heavy (non-hydrogen) atoms. The molecule has 0 radical (unpaired) electrons. The van der Waals surface area contributed by atoms with Gasteiger partial charge in [-0.15, -0.1) is 18.3 Å². The first-order valence-electron chi connectivity index (χ1n) is 18.1. The maximum absolute atomic E-state index is 15.0. The number of nitrogens with one attached hydrogen (secondary N) is 1. The number of para-hydroxylation sites is 1. The lowest BCUT2D eigenvalue weighted by Gasteiger charge is -2.39. The summed E-state index contributed by atoms with van der Waals surface area (Å²) in [5.74, 6) is -3.77. The Balaban J connectivity index is 1.35. The molecule has 3 aliphatic heterocycles. The zero-order valence-corrected chi connectivity index (χ0v) is 31.6. The zero-order valence-electron chi connectivity index (χ0n) is 30.1. The molecule has 2 bridgehead atoms. The van der Waals surface area contributed by atoms with Crippen LogP contribution in [0.15, 0.2) is 79.9 Å². The number of esters is 1. The van der Waals surface area contributed by atoms with Crippen LogP contribution in [0.4, 0.5) is 0 Å². The molecule has 3 amide bonds. The molecule has 3 aromatic rings. The van der Waals surface area contributed by atoms with E-state index in [0.717, 1.165) is 5.52 Å². The van der Waals surface area contributed by atoms with E-state index in [9.17, 15) is 19.5 Å². The van der Waals surface area contributed by atoms with E-state index in [4.69, 9.17) is 9.47 Å². The van der Waals surface area contributed by atoms with Crippen molar-refractivity contribution in [2.45, 2.75) is 80.9 Å². The third-order valence-corrected chi connectivity index (χ3v) is 11.3. The summed E-state index contributed by atoms with van der Waals surface area (Å²) in [6, 6.07) is 14.6. The second-order valence-corrected chi connectivity index (χ2v) is 15.6. The second-order valence-electron chi connectivity index (χ2n) is 14.4.